The first-order valence-electron chi connectivity index (χ1n) is 5.03. The zero-order chi connectivity index (χ0) is 9.10. The number of hydrogen-bond donors (Lipinski definition) is 0. The molecule has 13 heavy (non-hydrogen) atoms. The lowest BCUT2D eigenvalue weighted by Gasteiger charge is -2.13. The molecule has 0 N–H and O–H groups in total. The second kappa shape index (κ2) is 3.93. The maximum absolute atomic E-state index is 4.44. The fourth-order valence-corrected chi connectivity index (χ4v) is 1.96. The van der Waals surface area contributed by atoms with Gasteiger partial charge in [-0.05, 0) is 23.8 Å². The Morgan fingerprint density at radius 1 is 1.23 bits per heavy atom. The van der Waals surface area contributed by atoms with Crippen molar-refractivity contribution in [1.29, 1.82) is 0 Å². The van der Waals surface area contributed by atoms with E-state index in [4.69, 9.17) is 0 Å². The van der Waals surface area contributed by atoms with Gasteiger partial charge in [0.25, 0.3) is 0 Å². The largest absolute Gasteiger partial charge is 0.241 e. The van der Waals surface area contributed by atoms with E-state index in [9.17, 15) is 0 Å². The van der Waals surface area contributed by atoms with Gasteiger partial charge in [0.1, 0.15) is 0 Å². The van der Waals surface area contributed by atoms with Crippen molar-refractivity contribution in [2.24, 2.45) is 11.8 Å². The Labute approximate surface area is 80.2 Å². The van der Waals surface area contributed by atoms with Crippen LogP contribution in [-0.2, 0) is 6.42 Å². The van der Waals surface area contributed by atoms with E-state index in [1.54, 1.807) is 0 Å². The predicted octanol–water partition coefficient (Wildman–Crippen LogP) is 2.10. The number of nitrogens with zero attached hydrogens (tertiary/aromatic N) is 1. The lowest BCUT2D eigenvalue weighted by molar-refractivity contribution is 0.450. The van der Waals surface area contributed by atoms with Crippen LogP contribution < -0.4 is 5.32 Å². The van der Waals surface area contributed by atoms with Gasteiger partial charge < -0.3 is 0 Å². The van der Waals surface area contributed by atoms with Gasteiger partial charge in [-0.25, -0.2) is 5.32 Å². The summed E-state index contributed by atoms with van der Waals surface area (Å²) >= 11 is 0. The number of hydrogen-bond acceptors (Lipinski definition) is 0. The monoisotopic (exact) mass is 174 g/mol. The summed E-state index contributed by atoms with van der Waals surface area (Å²) in [6.07, 6.45) is 1.20. The zero-order valence-electron chi connectivity index (χ0n) is 8.11. The summed E-state index contributed by atoms with van der Waals surface area (Å²) in [5.41, 5.74) is 1.46. The van der Waals surface area contributed by atoms with E-state index in [0.717, 1.165) is 24.9 Å². The first-order chi connectivity index (χ1) is 6.36. The van der Waals surface area contributed by atoms with E-state index in [1.165, 1.54) is 12.0 Å². The van der Waals surface area contributed by atoms with E-state index in [0.29, 0.717) is 0 Å². The predicted molar refractivity (Wildman–Crippen MR) is 54.7 cm³/mol. The van der Waals surface area contributed by atoms with Crippen LogP contribution in [0.4, 0.5) is 0 Å². The van der Waals surface area contributed by atoms with Crippen molar-refractivity contribution in [3.63, 3.8) is 0 Å². The Morgan fingerprint density at radius 2 is 2.00 bits per heavy atom. The summed E-state index contributed by atoms with van der Waals surface area (Å²) < 4.78 is 0. The van der Waals surface area contributed by atoms with Crippen LogP contribution in [0.5, 0.6) is 0 Å². The highest BCUT2D eigenvalue weighted by Crippen LogP contribution is 2.21. The molecule has 1 fully saturated rings. The van der Waals surface area contributed by atoms with Crippen LogP contribution >= 0.6 is 0 Å². The molecule has 1 heterocycles. The third-order valence-corrected chi connectivity index (χ3v) is 2.93. The van der Waals surface area contributed by atoms with Crippen molar-refractivity contribution in [1.82, 2.24) is 5.32 Å². The van der Waals surface area contributed by atoms with Crippen LogP contribution in [0, 0.1) is 11.8 Å². The van der Waals surface area contributed by atoms with E-state index < -0.39 is 0 Å². The molecule has 1 radical (unpaired) electrons. The summed E-state index contributed by atoms with van der Waals surface area (Å²) in [4.78, 5) is 0. The molecular formula is C12H16N. The molecule has 1 nitrogen and oxygen atoms in total. The standard InChI is InChI=1S/C12H16N/c1-10-8-13-9-12(10)7-11-5-3-2-4-6-11/h2-6,10,12H,7-9H2,1H3. The molecule has 69 valence electrons. The third-order valence-electron chi connectivity index (χ3n) is 2.93. The maximum atomic E-state index is 4.44. The van der Waals surface area contributed by atoms with Gasteiger partial charge in [0, 0.05) is 13.1 Å². The second-order valence-corrected chi connectivity index (χ2v) is 4.02. The first-order valence-corrected chi connectivity index (χ1v) is 5.03. The van der Waals surface area contributed by atoms with Crippen LogP contribution in [0.25, 0.3) is 0 Å². The molecule has 0 aliphatic carbocycles. The Hall–Kier alpha value is -0.820. The van der Waals surface area contributed by atoms with Gasteiger partial charge in [-0.1, -0.05) is 37.3 Å². The molecule has 0 saturated carbocycles. The molecule has 1 aromatic rings. The van der Waals surface area contributed by atoms with Gasteiger partial charge in [0.05, 0.1) is 0 Å². The van der Waals surface area contributed by atoms with Gasteiger partial charge >= 0.3 is 0 Å². The average Bonchev–Trinajstić information content (AvgIpc) is 2.54. The molecule has 1 aromatic carbocycles. The van der Waals surface area contributed by atoms with Crippen LogP contribution in [0.15, 0.2) is 30.3 Å². The fourth-order valence-electron chi connectivity index (χ4n) is 1.96. The topological polar surface area (TPSA) is 14.1 Å². The summed E-state index contributed by atoms with van der Waals surface area (Å²) in [5, 5.41) is 4.44. The molecule has 2 rings (SSSR count). The fraction of sp³-hybridized carbons (Fsp3) is 0.500. The van der Waals surface area contributed by atoms with Crippen LogP contribution in [0.1, 0.15) is 12.5 Å². The molecule has 0 amide bonds. The van der Waals surface area contributed by atoms with Crippen molar-refractivity contribution >= 4 is 0 Å². The number of rotatable bonds is 2. The molecule has 0 spiro atoms. The van der Waals surface area contributed by atoms with Gasteiger partial charge in [0.15, 0.2) is 0 Å². The summed E-state index contributed by atoms with van der Waals surface area (Å²) in [6.45, 7) is 4.44. The smallest absolute Gasteiger partial charge is 0.0168 e. The Morgan fingerprint density at radius 3 is 2.62 bits per heavy atom. The average molecular weight is 174 g/mol. The van der Waals surface area contributed by atoms with Gasteiger partial charge in [-0.2, -0.15) is 0 Å². The molecule has 0 bridgehead atoms. The van der Waals surface area contributed by atoms with Crippen molar-refractivity contribution < 1.29 is 0 Å². The first kappa shape index (κ1) is 8.76. The Bertz CT molecular complexity index is 255. The van der Waals surface area contributed by atoms with E-state index >= 15 is 0 Å². The highest BCUT2D eigenvalue weighted by atomic mass is 14.9. The van der Waals surface area contributed by atoms with Crippen molar-refractivity contribution in [3.8, 4) is 0 Å². The molecule has 1 aliphatic heterocycles. The Balaban J connectivity index is 1.98. The molecule has 2 atom stereocenters. The highest BCUT2D eigenvalue weighted by molar-refractivity contribution is 5.15. The molecule has 2 unspecified atom stereocenters. The minimum absolute atomic E-state index is 0.778. The lowest BCUT2D eigenvalue weighted by atomic mass is 9.91. The van der Waals surface area contributed by atoms with E-state index in [2.05, 4.69) is 42.6 Å². The van der Waals surface area contributed by atoms with E-state index in [-0.39, 0.29) is 0 Å². The zero-order valence-corrected chi connectivity index (χ0v) is 8.11. The molecule has 1 aliphatic rings. The maximum Gasteiger partial charge on any atom is 0.0168 e. The normalized spacial score (nSPS) is 27.8. The SMILES string of the molecule is CC1C[N]CC1Cc1ccccc1. The minimum Gasteiger partial charge on any atom is -0.241 e. The highest BCUT2D eigenvalue weighted by Gasteiger charge is 2.23. The molecule has 0 aromatic heterocycles. The van der Waals surface area contributed by atoms with Gasteiger partial charge in [-0.3, -0.25) is 0 Å². The summed E-state index contributed by atoms with van der Waals surface area (Å²) in [7, 11) is 0. The van der Waals surface area contributed by atoms with Crippen molar-refractivity contribution in [2.45, 2.75) is 13.3 Å². The lowest BCUT2D eigenvalue weighted by Crippen LogP contribution is -2.11. The number of benzene rings is 1. The van der Waals surface area contributed by atoms with Gasteiger partial charge in [-0.15, -0.1) is 0 Å². The van der Waals surface area contributed by atoms with Crippen LogP contribution in [0.2, 0.25) is 0 Å². The van der Waals surface area contributed by atoms with Crippen molar-refractivity contribution in [2.75, 3.05) is 13.1 Å². The Kier molecular flexibility index (Phi) is 2.65. The van der Waals surface area contributed by atoms with Crippen molar-refractivity contribution in [3.05, 3.63) is 35.9 Å². The molecular weight excluding hydrogens is 158 g/mol. The summed E-state index contributed by atoms with van der Waals surface area (Å²) in [6, 6.07) is 10.7. The second-order valence-electron chi connectivity index (χ2n) is 4.02. The quantitative estimate of drug-likeness (QED) is 0.652. The molecule has 1 heteroatoms. The molecule has 1 saturated heterocycles. The van der Waals surface area contributed by atoms with Crippen LogP contribution in [-0.4, -0.2) is 13.1 Å². The summed E-state index contributed by atoms with van der Waals surface area (Å²) in [5.74, 6) is 1.56. The van der Waals surface area contributed by atoms with E-state index in [1.807, 2.05) is 0 Å². The van der Waals surface area contributed by atoms with Gasteiger partial charge in [0.2, 0.25) is 0 Å². The van der Waals surface area contributed by atoms with Crippen LogP contribution in [0.3, 0.4) is 0 Å². The third kappa shape index (κ3) is 2.10. The minimum atomic E-state index is 0.778.